The van der Waals surface area contributed by atoms with Crippen molar-refractivity contribution in [3.05, 3.63) is 64.7 Å². The summed E-state index contributed by atoms with van der Waals surface area (Å²) in [6.07, 6.45) is 3.09. The second-order valence-electron chi connectivity index (χ2n) is 4.24. The Hall–Kier alpha value is -1.45. The number of nitrogens with zero attached hydrogens (tertiary/aromatic N) is 1. The average Bonchev–Trinajstić information content (AvgIpc) is 2.35. The smallest absolute Gasteiger partial charge is 0.141 e. The first-order chi connectivity index (χ1) is 8.65. The van der Waals surface area contributed by atoms with E-state index in [9.17, 15) is 4.39 Å². The van der Waals surface area contributed by atoms with Crippen LogP contribution in [0.2, 0.25) is 5.02 Å². The predicted molar refractivity (Wildman–Crippen MR) is 71.0 cm³/mol. The van der Waals surface area contributed by atoms with Crippen LogP contribution in [0.4, 0.5) is 4.39 Å². The lowest BCUT2D eigenvalue weighted by Crippen LogP contribution is -2.25. The third-order valence-electron chi connectivity index (χ3n) is 2.68. The molecule has 2 nitrogen and oxygen atoms in total. The monoisotopic (exact) mass is 264 g/mol. The van der Waals surface area contributed by atoms with Gasteiger partial charge in [-0.25, -0.2) is 4.39 Å². The summed E-state index contributed by atoms with van der Waals surface area (Å²) < 4.78 is 13.0. The Labute approximate surface area is 111 Å². The molecule has 94 valence electrons. The summed E-state index contributed by atoms with van der Waals surface area (Å²) in [5.74, 6) is -0.404. The molecule has 4 heteroatoms. The SMILES string of the molecule is NC(Cc1ccc(F)c(Cl)c1)Cc1ccccn1. The fourth-order valence-corrected chi connectivity index (χ4v) is 2.03. The van der Waals surface area contributed by atoms with Crippen LogP contribution in [0, 0.1) is 5.82 Å². The van der Waals surface area contributed by atoms with Crippen molar-refractivity contribution in [3.63, 3.8) is 0 Å². The van der Waals surface area contributed by atoms with Crippen LogP contribution in [0.1, 0.15) is 11.3 Å². The van der Waals surface area contributed by atoms with E-state index in [4.69, 9.17) is 17.3 Å². The molecule has 18 heavy (non-hydrogen) atoms. The summed E-state index contributed by atoms with van der Waals surface area (Å²) in [7, 11) is 0. The number of nitrogens with two attached hydrogens (primary N) is 1. The zero-order valence-corrected chi connectivity index (χ0v) is 10.6. The van der Waals surface area contributed by atoms with Crippen molar-refractivity contribution in [2.75, 3.05) is 0 Å². The highest BCUT2D eigenvalue weighted by molar-refractivity contribution is 6.30. The van der Waals surface area contributed by atoms with Gasteiger partial charge >= 0.3 is 0 Å². The predicted octanol–water partition coefficient (Wildman–Crippen LogP) is 2.99. The summed E-state index contributed by atoms with van der Waals surface area (Å²) in [6, 6.07) is 10.4. The maximum absolute atomic E-state index is 13.0. The number of rotatable bonds is 4. The van der Waals surface area contributed by atoms with E-state index in [1.54, 1.807) is 18.3 Å². The fraction of sp³-hybridized carbons (Fsp3) is 0.214. The maximum Gasteiger partial charge on any atom is 0.141 e. The Morgan fingerprint density at radius 1 is 1.22 bits per heavy atom. The standard InChI is InChI=1S/C14H14ClFN2/c15-13-8-10(4-5-14(13)16)7-11(17)9-12-3-1-2-6-18-12/h1-6,8,11H,7,9,17H2. The van der Waals surface area contributed by atoms with Crippen LogP contribution in [-0.2, 0) is 12.8 Å². The highest BCUT2D eigenvalue weighted by atomic mass is 35.5. The van der Waals surface area contributed by atoms with E-state index in [-0.39, 0.29) is 11.1 Å². The second-order valence-corrected chi connectivity index (χ2v) is 4.65. The van der Waals surface area contributed by atoms with E-state index in [0.29, 0.717) is 12.8 Å². The molecule has 0 saturated carbocycles. The van der Waals surface area contributed by atoms with Crippen molar-refractivity contribution >= 4 is 11.6 Å². The highest BCUT2D eigenvalue weighted by Crippen LogP contribution is 2.17. The van der Waals surface area contributed by atoms with Crippen LogP contribution < -0.4 is 5.73 Å². The second kappa shape index (κ2) is 5.94. The molecule has 0 amide bonds. The van der Waals surface area contributed by atoms with Gasteiger partial charge < -0.3 is 5.73 Å². The number of halogens is 2. The molecule has 0 aliphatic heterocycles. The minimum atomic E-state index is -0.404. The van der Waals surface area contributed by atoms with Crippen molar-refractivity contribution in [1.82, 2.24) is 4.98 Å². The molecule has 0 fully saturated rings. The summed E-state index contributed by atoms with van der Waals surface area (Å²) in [5.41, 5.74) is 7.94. The zero-order chi connectivity index (χ0) is 13.0. The normalized spacial score (nSPS) is 12.4. The molecule has 1 unspecified atom stereocenters. The average molecular weight is 265 g/mol. The lowest BCUT2D eigenvalue weighted by molar-refractivity contribution is 0.623. The quantitative estimate of drug-likeness (QED) is 0.922. The first-order valence-electron chi connectivity index (χ1n) is 5.74. The molecule has 1 heterocycles. The van der Waals surface area contributed by atoms with E-state index < -0.39 is 5.82 Å². The topological polar surface area (TPSA) is 38.9 Å². The van der Waals surface area contributed by atoms with Crippen molar-refractivity contribution in [2.45, 2.75) is 18.9 Å². The van der Waals surface area contributed by atoms with Gasteiger partial charge in [0, 0.05) is 24.4 Å². The third kappa shape index (κ3) is 3.52. The lowest BCUT2D eigenvalue weighted by Gasteiger charge is -2.11. The van der Waals surface area contributed by atoms with Crippen molar-refractivity contribution in [1.29, 1.82) is 0 Å². The summed E-state index contributed by atoms with van der Waals surface area (Å²) in [4.78, 5) is 4.23. The van der Waals surface area contributed by atoms with Gasteiger partial charge in [-0.1, -0.05) is 23.7 Å². The van der Waals surface area contributed by atoms with E-state index in [1.165, 1.54) is 6.07 Å². The first-order valence-corrected chi connectivity index (χ1v) is 6.12. The third-order valence-corrected chi connectivity index (χ3v) is 2.97. The molecule has 1 aromatic heterocycles. The summed E-state index contributed by atoms with van der Waals surface area (Å²) in [6.45, 7) is 0. The highest BCUT2D eigenvalue weighted by Gasteiger charge is 2.08. The molecule has 0 aliphatic carbocycles. The van der Waals surface area contributed by atoms with Gasteiger partial charge in [0.2, 0.25) is 0 Å². The van der Waals surface area contributed by atoms with Crippen molar-refractivity contribution in [2.24, 2.45) is 5.73 Å². The Morgan fingerprint density at radius 2 is 2.06 bits per heavy atom. The van der Waals surface area contributed by atoms with E-state index in [0.717, 1.165) is 11.3 Å². The Morgan fingerprint density at radius 3 is 2.72 bits per heavy atom. The number of benzene rings is 1. The molecule has 0 aliphatic rings. The van der Waals surface area contributed by atoms with Gasteiger partial charge in [-0.3, -0.25) is 4.98 Å². The largest absolute Gasteiger partial charge is 0.327 e. The summed E-state index contributed by atoms with van der Waals surface area (Å²) in [5, 5.41) is 0.137. The van der Waals surface area contributed by atoms with Gasteiger partial charge in [-0.2, -0.15) is 0 Å². The van der Waals surface area contributed by atoms with Gasteiger partial charge in [0.05, 0.1) is 5.02 Å². The van der Waals surface area contributed by atoms with Gasteiger partial charge in [-0.05, 0) is 36.2 Å². The molecule has 0 bridgehead atoms. The molecule has 2 rings (SSSR count). The van der Waals surface area contributed by atoms with E-state index in [2.05, 4.69) is 4.98 Å². The van der Waals surface area contributed by atoms with Crippen LogP contribution in [0.25, 0.3) is 0 Å². The molecule has 0 spiro atoms. The van der Waals surface area contributed by atoms with Crippen LogP contribution in [0.5, 0.6) is 0 Å². The first kappa shape index (κ1) is 13.0. The molecule has 0 radical (unpaired) electrons. The number of hydrogen-bond acceptors (Lipinski definition) is 2. The Balaban J connectivity index is 1.99. The van der Waals surface area contributed by atoms with Gasteiger partial charge in [0.1, 0.15) is 5.82 Å². The van der Waals surface area contributed by atoms with Gasteiger partial charge in [-0.15, -0.1) is 0 Å². The Bertz CT molecular complexity index is 516. The van der Waals surface area contributed by atoms with Crippen molar-refractivity contribution < 1.29 is 4.39 Å². The number of aromatic nitrogens is 1. The van der Waals surface area contributed by atoms with Gasteiger partial charge in [0.15, 0.2) is 0 Å². The van der Waals surface area contributed by atoms with Crippen LogP contribution in [0.3, 0.4) is 0 Å². The van der Waals surface area contributed by atoms with Crippen LogP contribution in [-0.4, -0.2) is 11.0 Å². The lowest BCUT2D eigenvalue weighted by atomic mass is 10.0. The minimum Gasteiger partial charge on any atom is -0.327 e. The van der Waals surface area contributed by atoms with Crippen molar-refractivity contribution in [3.8, 4) is 0 Å². The van der Waals surface area contributed by atoms with E-state index >= 15 is 0 Å². The summed E-state index contributed by atoms with van der Waals surface area (Å²) >= 11 is 5.73. The molecule has 0 saturated heterocycles. The molecule has 2 aromatic rings. The Kier molecular flexibility index (Phi) is 4.28. The minimum absolute atomic E-state index is 0.0542. The molecule has 1 aromatic carbocycles. The van der Waals surface area contributed by atoms with E-state index in [1.807, 2.05) is 18.2 Å². The molecular formula is C14H14ClFN2. The number of hydrogen-bond donors (Lipinski definition) is 1. The molecular weight excluding hydrogens is 251 g/mol. The molecule has 2 N–H and O–H groups in total. The maximum atomic E-state index is 13.0. The fourth-order valence-electron chi connectivity index (χ4n) is 1.83. The van der Waals surface area contributed by atoms with Crippen LogP contribution >= 0.6 is 11.6 Å². The molecule has 1 atom stereocenters. The van der Waals surface area contributed by atoms with Gasteiger partial charge in [0.25, 0.3) is 0 Å². The zero-order valence-electron chi connectivity index (χ0n) is 9.81. The number of pyridine rings is 1. The van der Waals surface area contributed by atoms with Crippen LogP contribution in [0.15, 0.2) is 42.6 Å².